The van der Waals surface area contributed by atoms with Gasteiger partial charge >= 0.3 is 6.18 Å². The zero-order chi connectivity index (χ0) is 15.6. The lowest BCUT2D eigenvalue weighted by molar-refractivity contribution is -0.137. The van der Waals surface area contributed by atoms with Crippen molar-refractivity contribution >= 4 is 5.69 Å². The SMILES string of the molecule is COc1cc(-c2ccc(N)cc2C#N)cc(C(F)(F)F)c1. The van der Waals surface area contributed by atoms with Crippen LogP contribution in [0, 0.1) is 11.3 Å². The Balaban J connectivity index is 2.67. The molecule has 0 saturated carbocycles. The fraction of sp³-hybridized carbons (Fsp3) is 0.133. The molecule has 0 saturated heterocycles. The third-order valence-corrected chi connectivity index (χ3v) is 2.94. The number of anilines is 1. The van der Waals surface area contributed by atoms with Gasteiger partial charge in [0.05, 0.1) is 24.3 Å². The van der Waals surface area contributed by atoms with E-state index in [0.717, 1.165) is 12.1 Å². The van der Waals surface area contributed by atoms with Crippen molar-refractivity contribution in [3.05, 3.63) is 47.5 Å². The number of hydrogen-bond acceptors (Lipinski definition) is 3. The molecule has 2 N–H and O–H groups in total. The van der Waals surface area contributed by atoms with Gasteiger partial charge in [0.25, 0.3) is 0 Å². The van der Waals surface area contributed by atoms with Crippen molar-refractivity contribution in [1.82, 2.24) is 0 Å². The summed E-state index contributed by atoms with van der Waals surface area (Å²) in [5.74, 6) is 0.0699. The molecule has 2 aromatic rings. The highest BCUT2D eigenvalue weighted by Gasteiger charge is 2.31. The Hall–Kier alpha value is -2.68. The predicted molar refractivity (Wildman–Crippen MR) is 72.6 cm³/mol. The number of alkyl halides is 3. The van der Waals surface area contributed by atoms with Gasteiger partial charge in [-0.1, -0.05) is 6.07 Å². The van der Waals surface area contributed by atoms with Crippen molar-refractivity contribution in [1.29, 1.82) is 5.26 Å². The summed E-state index contributed by atoms with van der Waals surface area (Å²) < 4.78 is 43.6. The van der Waals surface area contributed by atoms with E-state index < -0.39 is 11.7 Å². The Morgan fingerprint density at radius 1 is 1.14 bits per heavy atom. The van der Waals surface area contributed by atoms with E-state index in [2.05, 4.69) is 0 Å². The van der Waals surface area contributed by atoms with Crippen LogP contribution >= 0.6 is 0 Å². The quantitative estimate of drug-likeness (QED) is 0.856. The highest BCUT2D eigenvalue weighted by molar-refractivity contribution is 5.74. The number of halogens is 3. The van der Waals surface area contributed by atoms with Crippen LogP contribution in [0.25, 0.3) is 11.1 Å². The van der Waals surface area contributed by atoms with Gasteiger partial charge in [-0.15, -0.1) is 0 Å². The maximum atomic E-state index is 12.9. The number of benzene rings is 2. The highest BCUT2D eigenvalue weighted by atomic mass is 19.4. The first-order valence-corrected chi connectivity index (χ1v) is 5.91. The fourth-order valence-corrected chi connectivity index (χ4v) is 1.94. The van der Waals surface area contributed by atoms with Gasteiger partial charge < -0.3 is 10.5 Å². The molecule has 0 amide bonds. The maximum Gasteiger partial charge on any atom is 0.416 e. The van der Waals surface area contributed by atoms with Crippen molar-refractivity contribution < 1.29 is 17.9 Å². The molecule has 2 rings (SSSR count). The zero-order valence-corrected chi connectivity index (χ0v) is 11.0. The van der Waals surface area contributed by atoms with Gasteiger partial charge in [-0.3, -0.25) is 0 Å². The van der Waals surface area contributed by atoms with Crippen molar-refractivity contribution in [2.45, 2.75) is 6.18 Å². The Morgan fingerprint density at radius 3 is 2.43 bits per heavy atom. The smallest absolute Gasteiger partial charge is 0.416 e. The summed E-state index contributed by atoms with van der Waals surface area (Å²) in [5.41, 5.74) is 5.94. The van der Waals surface area contributed by atoms with E-state index in [4.69, 9.17) is 15.7 Å². The molecule has 2 aromatic carbocycles. The van der Waals surface area contributed by atoms with Crippen molar-refractivity contribution in [2.24, 2.45) is 0 Å². The predicted octanol–water partition coefficient (Wildman–Crippen LogP) is 3.83. The molecule has 0 atom stereocenters. The molecule has 0 aliphatic rings. The van der Waals surface area contributed by atoms with Crippen LogP contribution in [0.5, 0.6) is 5.75 Å². The van der Waals surface area contributed by atoms with Crippen molar-refractivity contribution in [3.63, 3.8) is 0 Å². The molecule has 0 fully saturated rings. The zero-order valence-electron chi connectivity index (χ0n) is 11.0. The minimum absolute atomic E-state index is 0.0699. The molecule has 0 aliphatic heterocycles. The number of nitriles is 1. The molecule has 21 heavy (non-hydrogen) atoms. The average Bonchev–Trinajstić information content (AvgIpc) is 2.45. The molecule has 0 unspecified atom stereocenters. The van der Waals surface area contributed by atoms with Crippen LogP contribution in [0.1, 0.15) is 11.1 Å². The molecular weight excluding hydrogens is 281 g/mol. The van der Waals surface area contributed by atoms with Crippen LogP contribution in [0.3, 0.4) is 0 Å². The van der Waals surface area contributed by atoms with Crippen LogP contribution in [0.15, 0.2) is 36.4 Å². The fourth-order valence-electron chi connectivity index (χ4n) is 1.94. The van der Waals surface area contributed by atoms with Crippen molar-refractivity contribution in [2.75, 3.05) is 12.8 Å². The van der Waals surface area contributed by atoms with E-state index in [0.29, 0.717) is 11.3 Å². The minimum atomic E-state index is -4.50. The summed E-state index contributed by atoms with van der Waals surface area (Å²) in [4.78, 5) is 0. The highest BCUT2D eigenvalue weighted by Crippen LogP contribution is 2.36. The summed E-state index contributed by atoms with van der Waals surface area (Å²) >= 11 is 0. The summed E-state index contributed by atoms with van der Waals surface area (Å²) in [7, 11) is 1.29. The second-order valence-corrected chi connectivity index (χ2v) is 4.36. The Bertz CT molecular complexity index is 718. The van der Waals surface area contributed by atoms with Gasteiger partial charge in [0.15, 0.2) is 0 Å². The number of methoxy groups -OCH3 is 1. The second-order valence-electron chi connectivity index (χ2n) is 4.36. The number of hydrogen-bond donors (Lipinski definition) is 1. The topological polar surface area (TPSA) is 59.0 Å². The molecule has 6 heteroatoms. The van der Waals surface area contributed by atoms with Gasteiger partial charge in [-0.05, 0) is 41.5 Å². The van der Waals surface area contributed by atoms with Gasteiger partial charge in [0.2, 0.25) is 0 Å². The summed E-state index contributed by atoms with van der Waals surface area (Å²) in [6.45, 7) is 0. The van der Waals surface area contributed by atoms with Crippen LogP contribution in [0.4, 0.5) is 18.9 Å². The summed E-state index contributed by atoms with van der Waals surface area (Å²) in [6.07, 6.45) is -4.50. The lowest BCUT2D eigenvalue weighted by atomic mass is 9.97. The lowest BCUT2D eigenvalue weighted by Gasteiger charge is -2.13. The van der Waals surface area contributed by atoms with E-state index in [1.54, 1.807) is 0 Å². The second kappa shape index (κ2) is 5.37. The first kappa shape index (κ1) is 14.7. The molecular formula is C15H11F3N2O. The normalized spacial score (nSPS) is 11.0. The maximum absolute atomic E-state index is 12.9. The largest absolute Gasteiger partial charge is 0.497 e. The standard InChI is InChI=1S/C15H11F3N2O/c1-21-13-6-9(4-11(7-13)15(16,17)18)14-3-2-12(20)5-10(14)8-19/h2-7H,20H2,1H3. The van der Waals surface area contributed by atoms with Crippen LogP contribution < -0.4 is 10.5 Å². The molecule has 0 aliphatic carbocycles. The molecule has 0 heterocycles. The number of nitrogens with zero attached hydrogens (tertiary/aromatic N) is 1. The Labute approximate surface area is 119 Å². The average molecular weight is 292 g/mol. The lowest BCUT2D eigenvalue weighted by Crippen LogP contribution is -2.05. The van der Waals surface area contributed by atoms with Crippen LogP contribution in [-0.4, -0.2) is 7.11 Å². The molecule has 0 bridgehead atoms. The Morgan fingerprint density at radius 2 is 1.86 bits per heavy atom. The summed E-state index contributed by atoms with van der Waals surface area (Å²) in [5, 5.41) is 9.10. The van der Waals surface area contributed by atoms with E-state index in [9.17, 15) is 13.2 Å². The molecule has 0 radical (unpaired) electrons. The minimum Gasteiger partial charge on any atom is -0.497 e. The molecule has 108 valence electrons. The number of nitrogen functional groups attached to an aromatic ring is 1. The third kappa shape index (κ3) is 3.08. The summed E-state index contributed by atoms with van der Waals surface area (Å²) in [6, 6.07) is 9.73. The monoisotopic (exact) mass is 292 g/mol. The van der Waals surface area contributed by atoms with Gasteiger partial charge in [-0.25, -0.2) is 0 Å². The third-order valence-electron chi connectivity index (χ3n) is 2.94. The van der Waals surface area contributed by atoms with E-state index in [-0.39, 0.29) is 16.9 Å². The van der Waals surface area contributed by atoms with E-state index >= 15 is 0 Å². The molecule has 0 spiro atoms. The number of ether oxygens (including phenoxy) is 1. The van der Waals surface area contributed by atoms with Crippen LogP contribution in [-0.2, 0) is 6.18 Å². The van der Waals surface area contributed by atoms with Crippen molar-refractivity contribution in [3.8, 4) is 22.9 Å². The first-order valence-electron chi connectivity index (χ1n) is 5.91. The van der Waals surface area contributed by atoms with Gasteiger partial charge in [0, 0.05) is 5.69 Å². The number of nitrogens with two attached hydrogens (primary N) is 1. The van der Waals surface area contributed by atoms with Crippen LogP contribution in [0.2, 0.25) is 0 Å². The molecule has 0 aromatic heterocycles. The van der Waals surface area contributed by atoms with Gasteiger partial charge in [0.1, 0.15) is 5.75 Å². The Kier molecular flexibility index (Phi) is 3.76. The van der Waals surface area contributed by atoms with Gasteiger partial charge in [-0.2, -0.15) is 18.4 Å². The molecule has 3 nitrogen and oxygen atoms in total. The first-order chi connectivity index (χ1) is 9.85. The van der Waals surface area contributed by atoms with E-state index in [1.807, 2.05) is 6.07 Å². The number of rotatable bonds is 2. The van der Waals surface area contributed by atoms with E-state index in [1.165, 1.54) is 31.4 Å².